The van der Waals surface area contributed by atoms with Crippen LogP contribution in [-0.2, 0) is 13.0 Å². The molecule has 9 heteroatoms. The fraction of sp³-hybridized carbons (Fsp3) is 0.200. The maximum atomic E-state index is 12.0. The third-order valence-corrected chi connectivity index (χ3v) is 6.29. The van der Waals surface area contributed by atoms with Gasteiger partial charge in [-0.3, -0.25) is 4.79 Å². The van der Waals surface area contributed by atoms with Crippen LogP contribution in [0.5, 0.6) is 5.75 Å². The zero-order valence-corrected chi connectivity index (χ0v) is 18.8. The molecule has 2 aromatic carbocycles. The molecule has 4 aromatic rings. The number of hydrogen-bond acceptors (Lipinski definition) is 7. The number of amides is 1. The van der Waals surface area contributed by atoms with Crippen molar-refractivity contribution in [3.63, 3.8) is 0 Å². The van der Waals surface area contributed by atoms with Gasteiger partial charge < -0.3 is 25.3 Å². The Labute approximate surface area is 195 Å². The Hall–Kier alpha value is -4.24. The van der Waals surface area contributed by atoms with E-state index in [-0.39, 0.29) is 5.91 Å². The summed E-state index contributed by atoms with van der Waals surface area (Å²) in [5, 5.41) is 7.56. The summed E-state index contributed by atoms with van der Waals surface area (Å²) in [7, 11) is 3.79. The molecule has 170 valence electrons. The second kappa shape index (κ2) is 7.96. The second-order valence-electron chi connectivity index (χ2n) is 8.52. The molecule has 4 heterocycles. The van der Waals surface area contributed by atoms with Crippen LogP contribution < -0.4 is 15.4 Å². The predicted molar refractivity (Wildman–Crippen MR) is 132 cm³/mol. The fourth-order valence-electron chi connectivity index (χ4n) is 4.53. The number of aliphatic imine (C=N–C) groups is 1. The summed E-state index contributed by atoms with van der Waals surface area (Å²) in [4.78, 5) is 30.8. The highest BCUT2D eigenvalue weighted by Crippen LogP contribution is 2.34. The van der Waals surface area contributed by atoms with Crippen molar-refractivity contribution in [2.24, 2.45) is 4.99 Å². The number of ether oxygens (including phenoxy) is 1. The molecule has 9 nitrogen and oxygen atoms in total. The number of hydrogen-bond donors (Lipinski definition) is 3. The number of fused-ring (bicyclic) bond motifs is 3. The SMILES string of the molecule is COc1cc2c(cc1Nc1nc(Nc3cccc4c3C=NC4=O)c3cc[nH]c3n1)CN(C)CC2. The Kier molecular flexibility index (Phi) is 4.77. The van der Waals surface area contributed by atoms with Gasteiger partial charge in [0.2, 0.25) is 5.95 Å². The second-order valence-corrected chi connectivity index (χ2v) is 8.52. The van der Waals surface area contributed by atoms with Crippen molar-refractivity contribution in [1.29, 1.82) is 0 Å². The van der Waals surface area contributed by atoms with E-state index >= 15 is 0 Å². The van der Waals surface area contributed by atoms with E-state index in [1.165, 1.54) is 11.1 Å². The Morgan fingerprint density at radius 1 is 1.09 bits per heavy atom. The molecule has 0 bridgehead atoms. The van der Waals surface area contributed by atoms with Crippen LogP contribution in [0.2, 0.25) is 0 Å². The van der Waals surface area contributed by atoms with E-state index in [1.807, 2.05) is 24.4 Å². The summed E-state index contributed by atoms with van der Waals surface area (Å²) in [5.41, 5.74) is 6.16. The summed E-state index contributed by atoms with van der Waals surface area (Å²) < 4.78 is 5.67. The van der Waals surface area contributed by atoms with Gasteiger partial charge in [0, 0.05) is 36.8 Å². The van der Waals surface area contributed by atoms with Gasteiger partial charge in [0.15, 0.2) is 0 Å². The Morgan fingerprint density at radius 3 is 2.88 bits per heavy atom. The summed E-state index contributed by atoms with van der Waals surface area (Å²) in [6.45, 7) is 1.92. The highest BCUT2D eigenvalue weighted by Gasteiger charge is 2.20. The lowest BCUT2D eigenvalue weighted by Crippen LogP contribution is -2.26. The number of anilines is 4. The van der Waals surface area contributed by atoms with Gasteiger partial charge in [0.25, 0.3) is 5.91 Å². The molecule has 3 N–H and O–H groups in total. The molecule has 1 amide bonds. The number of aromatic nitrogens is 3. The molecule has 0 spiro atoms. The monoisotopic (exact) mass is 453 g/mol. The maximum Gasteiger partial charge on any atom is 0.277 e. The average molecular weight is 454 g/mol. The van der Waals surface area contributed by atoms with E-state index in [0.29, 0.717) is 23.0 Å². The third kappa shape index (κ3) is 3.46. The van der Waals surface area contributed by atoms with E-state index in [2.05, 4.69) is 49.7 Å². The van der Waals surface area contributed by atoms with Gasteiger partial charge in [-0.2, -0.15) is 9.97 Å². The van der Waals surface area contributed by atoms with Crippen molar-refractivity contribution in [1.82, 2.24) is 19.9 Å². The highest BCUT2D eigenvalue weighted by atomic mass is 16.5. The molecule has 0 saturated heterocycles. The van der Waals surface area contributed by atoms with Crippen LogP contribution in [-0.4, -0.2) is 52.7 Å². The lowest BCUT2D eigenvalue weighted by molar-refractivity contribution is 0.101. The summed E-state index contributed by atoms with van der Waals surface area (Å²) >= 11 is 0. The van der Waals surface area contributed by atoms with Crippen molar-refractivity contribution in [2.75, 3.05) is 31.3 Å². The minimum absolute atomic E-state index is 0.236. The number of aromatic amines is 1. The maximum absolute atomic E-state index is 12.0. The molecule has 2 aromatic heterocycles. The molecule has 2 aliphatic heterocycles. The predicted octanol–water partition coefficient (Wildman–Crippen LogP) is 4.01. The lowest BCUT2D eigenvalue weighted by Gasteiger charge is -2.26. The van der Waals surface area contributed by atoms with Gasteiger partial charge in [0.1, 0.15) is 17.2 Å². The molecule has 0 saturated carbocycles. The van der Waals surface area contributed by atoms with E-state index < -0.39 is 0 Å². The van der Waals surface area contributed by atoms with Crippen LogP contribution in [0.1, 0.15) is 27.0 Å². The van der Waals surface area contributed by atoms with Gasteiger partial charge >= 0.3 is 0 Å². The van der Waals surface area contributed by atoms with Crippen LogP contribution >= 0.6 is 0 Å². The molecule has 0 atom stereocenters. The number of rotatable bonds is 5. The summed E-state index contributed by atoms with van der Waals surface area (Å²) in [6, 6.07) is 11.6. The first-order valence-electron chi connectivity index (χ1n) is 11.1. The van der Waals surface area contributed by atoms with Crippen molar-refractivity contribution in [3.05, 3.63) is 64.8 Å². The molecule has 0 radical (unpaired) electrons. The van der Waals surface area contributed by atoms with Crippen LogP contribution in [0.15, 0.2) is 47.6 Å². The zero-order chi connectivity index (χ0) is 23.2. The molecule has 6 rings (SSSR count). The van der Waals surface area contributed by atoms with Crippen LogP contribution in [0.25, 0.3) is 11.0 Å². The van der Waals surface area contributed by atoms with Crippen molar-refractivity contribution in [2.45, 2.75) is 13.0 Å². The number of methoxy groups -OCH3 is 1. The first kappa shape index (κ1) is 20.4. The van der Waals surface area contributed by atoms with Crippen molar-refractivity contribution >= 4 is 46.3 Å². The minimum atomic E-state index is -0.236. The third-order valence-electron chi connectivity index (χ3n) is 6.29. The first-order valence-corrected chi connectivity index (χ1v) is 11.1. The Morgan fingerprint density at radius 2 is 2.00 bits per heavy atom. The largest absolute Gasteiger partial charge is 0.495 e. The summed E-state index contributed by atoms with van der Waals surface area (Å²) in [6.07, 6.45) is 4.41. The molecule has 0 fully saturated rings. The van der Waals surface area contributed by atoms with Crippen molar-refractivity contribution < 1.29 is 9.53 Å². The number of nitrogens with one attached hydrogen (secondary N) is 3. The molecule has 0 unspecified atom stereocenters. The normalized spacial score (nSPS) is 14.8. The molecular formula is C25H23N7O2. The van der Waals surface area contributed by atoms with E-state index in [4.69, 9.17) is 9.72 Å². The number of nitrogens with zero attached hydrogens (tertiary/aromatic N) is 4. The van der Waals surface area contributed by atoms with Crippen molar-refractivity contribution in [3.8, 4) is 5.75 Å². The van der Waals surface area contributed by atoms with Gasteiger partial charge in [0.05, 0.1) is 23.7 Å². The zero-order valence-electron chi connectivity index (χ0n) is 18.8. The van der Waals surface area contributed by atoms with E-state index in [9.17, 15) is 4.79 Å². The number of carbonyl (C=O) groups is 1. The number of benzene rings is 2. The summed E-state index contributed by atoms with van der Waals surface area (Å²) in [5.74, 6) is 1.56. The lowest BCUT2D eigenvalue weighted by atomic mass is 9.99. The Bertz CT molecular complexity index is 1470. The van der Waals surface area contributed by atoms with Gasteiger partial charge in [-0.1, -0.05) is 6.07 Å². The topological polar surface area (TPSA) is 108 Å². The van der Waals surface area contributed by atoms with E-state index in [1.54, 1.807) is 19.4 Å². The van der Waals surface area contributed by atoms with Gasteiger partial charge in [-0.25, -0.2) is 4.99 Å². The molecule has 2 aliphatic rings. The Balaban J connectivity index is 1.38. The smallest absolute Gasteiger partial charge is 0.277 e. The van der Waals surface area contributed by atoms with Crippen LogP contribution in [0, 0.1) is 0 Å². The molecular weight excluding hydrogens is 430 g/mol. The standard InChI is InChI=1S/C25H23N7O2/c1-32-9-7-14-11-21(34-2)20(10-15(14)13-32)29-25-30-22-17(6-8-26-22)23(31-25)28-19-5-3-4-16-18(19)12-27-24(16)33/h3-6,8,10-12H,7,9,13H2,1-2H3,(H3,26,28,29,30,31). The number of likely N-dealkylation sites (N-methyl/N-ethyl adjacent to an activating group) is 1. The molecule has 0 aliphatic carbocycles. The van der Waals surface area contributed by atoms with E-state index in [0.717, 1.165) is 47.6 Å². The van der Waals surface area contributed by atoms with Gasteiger partial charge in [-0.15, -0.1) is 0 Å². The average Bonchev–Trinajstić information content (AvgIpc) is 3.46. The van der Waals surface area contributed by atoms with Gasteiger partial charge in [-0.05, 0) is 54.9 Å². The van der Waals surface area contributed by atoms with Crippen LogP contribution in [0.4, 0.5) is 23.1 Å². The fourth-order valence-corrected chi connectivity index (χ4v) is 4.53. The first-order chi connectivity index (χ1) is 16.6. The number of carbonyl (C=O) groups excluding carboxylic acids is 1. The van der Waals surface area contributed by atoms with Crippen LogP contribution in [0.3, 0.4) is 0 Å². The minimum Gasteiger partial charge on any atom is -0.495 e. The highest BCUT2D eigenvalue weighted by molar-refractivity contribution is 6.15. The molecule has 34 heavy (non-hydrogen) atoms. The quantitative estimate of drug-likeness (QED) is 0.419. The number of H-pyrrole nitrogens is 1.